The monoisotopic (exact) mass is 483 g/mol. The van der Waals surface area contributed by atoms with Crippen molar-refractivity contribution in [2.75, 3.05) is 25.5 Å². The van der Waals surface area contributed by atoms with E-state index in [9.17, 15) is 31.2 Å². The topological polar surface area (TPSA) is 95.6 Å². The number of hydrogen-bond acceptors (Lipinski definition) is 4. The number of carbonyl (C=O) groups is 2. The second kappa shape index (κ2) is 9.52. The average Bonchev–Trinajstić information content (AvgIpc) is 2.79. The van der Waals surface area contributed by atoms with Gasteiger partial charge in [-0.25, -0.2) is 8.42 Å². The van der Waals surface area contributed by atoms with E-state index < -0.39 is 32.6 Å². The summed E-state index contributed by atoms with van der Waals surface area (Å²) < 4.78 is 66.6. The van der Waals surface area contributed by atoms with Gasteiger partial charge in [0, 0.05) is 37.3 Å². The van der Waals surface area contributed by atoms with Crippen LogP contribution >= 0.6 is 0 Å². The maximum atomic E-state index is 13.3. The van der Waals surface area contributed by atoms with Gasteiger partial charge in [-0.2, -0.15) is 17.5 Å². The molecule has 33 heavy (non-hydrogen) atoms. The van der Waals surface area contributed by atoms with Crippen LogP contribution in [-0.2, 0) is 21.0 Å². The molecule has 2 aromatic carbocycles. The molecule has 178 valence electrons. The van der Waals surface area contributed by atoms with Crippen molar-refractivity contribution in [2.45, 2.75) is 30.8 Å². The molecule has 1 heterocycles. The van der Waals surface area contributed by atoms with Crippen LogP contribution in [0.3, 0.4) is 0 Å². The van der Waals surface area contributed by atoms with E-state index in [0.717, 1.165) is 22.5 Å². The Labute approximate surface area is 190 Å². The lowest BCUT2D eigenvalue weighted by atomic mass is 9.96. The number of anilines is 1. The molecule has 3 rings (SSSR count). The van der Waals surface area contributed by atoms with Crippen LogP contribution in [0.15, 0.2) is 47.4 Å². The Bertz CT molecular complexity index is 1160. The molecule has 0 unspecified atom stereocenters. The van der Waals surface area contributed by atoms with Gasteiger partial charge < -0.3 is 10.6 Å². The van der Waals surface area contributed by atoms with Crippen LogP contribution in [0.4, 0.5) is 18.9 Å². The van der Waals surface area contributed by atoms with Gasteiger partial charge in [-0.15, -0.1) is 0 Å². The van der Waals surface area contributed by atoms with E-state index in [2.05, 4.69) is 10.6 Å². The largest absolute Gasteiger partial charge is 0.417 e. The van der Waals surface area contributed by atoms with Crippen LogP contribution in [0.5, 0.6) is 0 Å². The summed E-state index contributed by atoms with van der Waals surface area (Å²) >= 11 is 0. The van der Waals surface area contributed by atoms with Crippen molar-refractivity contribution in [3.63, 3.8) is 0 Å². The molecule has 0 spiro atoms. The highest BCUT2D eigenvalue weighted by molar-refractivity contribution is 7.89. The van der Waals surface area contributed by atoms with Crippen molar-refractivity contribution in [1.82, 2.24) is 9.62 Å². The summed E-state index contributed by atoms with van der Waals surface area (Å²) in [6.45, 7) is 1.54. The van der Waals surface area contributed by atoms with Gasteiger partial charge in [0.05, 0.1) is 10.5 Å². The third-order valence-corrected chi connectivity index (χ3v) is 7.66. The molecule has 7 nitrogen and oxygen atoms in total. The zero-order valence-corrected chi connectivity index (χ0v) is 18.9. The number of nitrogens with one attached hydrogen (secondary N) is 2. The normalized spacial score (nSPS) is 15.8. The van der Waals surface area contributed by atoms with E-state index >= 15 is 0 Å². The van der Waals surface area contributed by atoms with Crippen molar-refractivity contribution in [3.8, 4) is 0 Å². The maximum absolute atomic E-state index is 13.3. The van der Waals surface area contributed by atoms with Gasteiger partial charge in [-0.05, 0) is 49.6 Å². The van der Waals surface area contributed by atoms with Crippen LogP contribution in [0, 0.1) is 12.8 Å². The first-order valence-corrected chi connectivity index (χ1v) is 11.7. The minimum atomic E-state index is -4.80. The average molecular weight is 484 g/mol. The summed E-state index contributed by atoms with van der Waals surface area (Å²) in [7, 11) is -2.87. The van der Waals surface area contributed by atoms with E-state index in [1.807, 2.05) is 0 Å². The number of piperidine rings is 1. The molecule has 1 aliphatic rings. The molecule has 0 bridgehead atoms. The van der Waals surface area contributed by atoms with Gasteiger partial charge in [0.15, 0.2) is 0 Å². The quantitative estimate of drug-likeness (QED) is 0.681. The summed E-state index contributed by atoms with van der Waals surface area (Å²) in [6, 6.07) is 9.00. The zero-order valence-electron chi connectivity index (χ0n) is 18.1. The van der Waals surface area contributed by atoms with Crippen molar-refractivity contribution in [2.24, 2.45) is 5.92 Å². The van der Waals surface area contributed by atoms with E-state index in [-0.39, 0.29) is 37.7 Å². The number of carbonyl (C=O) groups excluding carboxylic acids is 2. The molecule has 0 aromatic heterocycles. The lowest BCUT2D eigenvalue weighted by Crippen LogP contribution is -2.42. The molecular weight excluding hydrogens is 459 g/mol. The Kier molecular flexibility index (Phi) is 7.13. The summed E-state index contributed by atoms with van der Waals surface area (Å²) in [5.74, 6) is -1.14. The number of hydrogen-bond donors (Lipinski definition) is 2. The van der Waals surface area contributed by atoms with Crippen LogP contribution in [0.25, 0.3) is 0 Å². The number of sulfonamides is 1. The predicted molar refractivity (Wildman–Crippen MR) is 116 cm³/mol. The maximum Gasteiger partial charge on any atom is 0.417 e. The van der Waals surface area contributed by atoms with E-state index in [1.165, 1.54) is 13.1 Å². The number of benzene rings is 2. The Morgan fingerprint density at radius 2 is 1.67 bits per heavy atom. The lowest BCUT2D eigenvalue weighted by Gasteiger charge is -2.31. The molecule has 1 saturated heterocycles. The van der Waals surface area contributed by atoms with E-state index in [0.29, 0.717) is 16.8 Å². The van der Waals surface area contributed by atoms with E-state index in [1.54, 1.807) is 25.1 Å². The minimum Gasteiger partial charge on any atom is -0.355 e. The Balaban J connectivity index is 1.71. The van der Waals surface area contributed by atoms with Crippen molar-refractivity contribution in [3.05, 3.63) is 59.2 Å². The smallest absolute Gasteiger partial charge is 0.355 e. The number of alkyl halides is 3. The van der Waals surface area contributed by atoms with Crippen LogP contribution < -0.4 is 10.6 Å². The van der Waals surface area contributed by atoms with Gasteiger partial charge >= 0.3 is 6.18 Å². The lowest BCUT2D eigenvalue weighted by molar-refractivity contribution is -0.139. The first-order valence-electron chi connectivity index (χ1n) is 10.3. The van der Waals surface area contributed by atoms with Crippen LogP contribution in [0.2, 0.25) is 0 Å². The molecular formula is C22H24F3N3O4S. The van der Waals surface area contributed by atoms with Gasteiger partial charge in [0.1, 0.15) is 0 Å². The molecule has 1 aliphatic heterocycles. The second-order valence-corrected chi connectivity index (χ2v) is 9.63. The molecule has 11 heteroatoms. The van der Waals surface area contributed by atoms with Gasteiger partial charge in [-0.1, -0.05) is 18.2 Å². The van der Waals surface area contributed by atoms with Crippen molar-refractivity contribution >= 4 is 27.5 Å². The summed E-state index contributed by atoms with van der Waals surface area (Å²) in [6.07, 6.45) is -4.48. The van der Waals surface area contributed by atoms with Gasteiger partial charge in [0.2, 0.25) is 15.9 Å². The van der Waals surface area contributed by atoms with Crippen molar-refractivity contribution in [1.29, 1.82) is 0 Å². The van der Waals surface area contributed by atoms with Crippen LogP contribution in [0.1, 0.15) is 34.3 Å². The number of rotatable bonds is 5. The predicted octanol–water partition coefficient (Wildman–Crippen LogP) is 3.41. The SMILES string of the molecule is CNC(=O)c1cccc(NC(=O)C2CCN(S(=O)(=O)c3ccccc3C(F)(F)F)CC2)c1C. The highest BCUT2D eigenvalue weighted by Crippen LogP contribution is 2.36. The zero-order chi connectivity index (χ0) is 24.4. The molecule has 1 fully saturated rings. The molecule has 0 radical (unpaired) electrons. The number of nitrogens with zero attached hydrogens (tertiary/aromatic N) is 1. The highest BCUT2D eigenvalue weighted by Gasteiger charge is 2.40. The fourth-order valence-electron chi connectivity index (χ4n) is 3.81. The van der Waals surface area contributed by atoms with Gasteiger partial charge in [-0.3, -0.25) is 9.59 Å². The third kappa shape index (κ3) is 5.19. The Morgan fingerprint density at radius 3 is 2.27 bits per heavy atom. The van der Waals surface area contributed by atoms with Crippen LogP contribution in [-0.4, -0.2) is 44.7 Å². The first-order chi connectivity index (χ1) is 15.5. The fourth-order valence-corrected chi connectivity index (χ4v) is 5.49. The third-order valence-electron chi connectivity index (χ3n) is 5.70. The Hall–Kier alpha value is -2.92. The summed E-state index contributed by atoms with van der Waals surface area (Å²) in [4.78, 5) is 23.9. The Morgan fingerprint density at radius 1 is 1.03 bits per heavy atom. The van der Waals surface area contributed by atoms with Gasteiger partial charge in [0.25, 0.3) is 5.91 Å². The molecule has 0 atom stereocenters. The molecule has 2 amide bonds. The number of amides is 2. The van der Waals surface area contributed by atoms with Crippen molar-refractivity contribution < 1.29 is 31.2 Å². The molecule has 0 saturated carbocycles. The minimum absolute atomic E-state index is 0.0795. The van der Waals surface area contributed by atoms with E-state index in [4.69, 9.17) is 0 Å². The first kappa shape index (κ1) is 24.7. The number of halogens is 3. The molecule has 0 aliphatic carbocycles. The molecule has 2 aromatic rings. The fraction of sp³-hybridized carbons (Fsp3) is 0.364. The molecule has 2 N–H and O–H groups in total. The second-order valence-electron chi connectivity index (χ2n) is 7.72. The standard InChI is InChI=1S/C22H24F3N3O4S/c1-14-16(21(30)26-2)6-5-8-18(14)27-20(29)15-10-12-28(13-11-15)33(31,32)19-9-4-3-7-17(19)22(23,24)25/h3-9,15H,10-13H2,1-2H3,(H,26,30)(H,27,29). The summed E-state index contributed by atoms with van der Waals surface area (Å²) in [5.41, 5.74) is 0.264. The summed E-state index contributed by atoms with van der Waals surface area (Å²) in [5, 5.41) is 5.31. The highest BCUT2D eigenvalue weighted by atomic mass is 32.2.